The van der Waals surface area contributed by atoms with Crippen molar-refractivity contribution in [3.05, 3.63) is 12.2 Å². The molecule has 0 aromatic heterocycles. The summed E-state index contributed by atoms with van der Waals surface area (Å²) < 4.78 is 5.50. The summed E-state index contributed by atoms with van der Waals surface area (Å²) in [5.74, 6) is -0.0151. The predicted octanol–water partition coefficient (Wildman–Crippen LogP) is 21.6. The molecule has 0 rings (SSSR count). The fourth-order valence-electron chi connectivity index (χ4n) is 10.9. The first-order valence-corrected chi connectivity index (χ1v) is 33.9. The fraction of sp³-hybridized carbons (Fsp3) is 0.941. The van der Waals surface area contributed by atoms with Gasteiger partial charge in [-0.1, -0.05) is 334 Å². The summed E-state index contributed by atoms with van der Waals surface area (Å²) >= 11 is 0. The van der Waals surface area contributed by atoms with E-state index in [2.05, 4.69) is 31.3 Å². The smallest absolute Gasteiger partial charge is 0.305 e. The molecule has 1 amide bonds. The standard InChI is InChI=1S/C68H133NO5/c1-3-5-7-9-11-13-15-17-19-30-34-38-42-46-50-54-58-62-68(73)74-63-59-55-51-47-43-39-35-32-29-27-25-23-21-20-22-24-26-28-31-33-37-41-45-49-53-57-61-67(72)69-65(64-70)66(71)60-56-52-48-44-40-36-18-16-14-12-10-8-6-4-2/h20,22,65-66,70-71H,3-19,21,23-64H2,1-2H3,(H,69,72)/b22-20-. The van der Waals surface area contributed by atoms with Crippen molar-refractivity contribution in [1.29, 1.82) is 0 Å². The Morgan fingerprint density at radius 2 is 0.635 bits per heavy atom. The van der Waals surface area contributed by atoms with E-state index >= 15 is 0 Å². The number of hydrogen-bond acceptors (Lipinski definition) is 5. The van der Waals surface area contributed by atoms with Crippen LogP contribution < -0.4 is 5.32 Å². The molecule has 0 spiro atoms. The van der Waals surface area contributed by atoms with Gasteiger partial charge >= 0.3 is 5.97 Å². The third-order valence-electron chi connectivity index (χ3n) is 16.1. The van der Waals surface area contributed by atoms with E-state index in [0.29, 0.717) is 25.9 Å². The molecule has 0 aliphatic rings. The number of ether oxygens (including phenoxy) is 1. The summed E-state index contributed by atoms with van der Waals surface area (Å²) in [6.07, 6.45) is 78.2. The molecule has 0 aliphatic carbocycles. The number of carbonyl (C=O) groups is 2. The van der Waals surface area contributed by atoms with Crippen LogP contribution in [0.3, 0.4) is 0 Å². The van der Waals surface area contributed by atoms with Crippen molar-refractivity contribution in [2.75, 3.05) is 13.2 Å². The second-order valence-electron chi connectivity index (χ2n) is 23.5. The molecular formula is C68H133NO5. The number of aliphatic hydroxyl groups excluding tert-OH is 2. The van der Waals surface area contributed by atoms with Gasteiger partial charge in [0.1, 0.15) is 0 Å². The molecule has 0 radical (unpaired) electrons. The lowest BCUT2D eigenvalue weighted by Crippen LogP contribution is -2.45. The third-order valence-corrected chi connectivity index (χ3v) is 16.1. The molecule has 2 unspecified atom stereocenters. The van der Waals surface area contributed by atoms with Crippen LogP contribution in [0, 0.1) is 0 Å². The van der Waals surface area contributed by atoms with E-state index in [1.807, 2.05) is 0 Å². The maximum Gasteiger partial charge on any atom is 0.305 e. The van der Waals surface area contributed by atoms with Crippen molar-refractivity contribution >= 4 is 11.9 Å². The molecule has 0 saturated heterocycles. The minimum Gasteiger partial charge on any atom is -0.466 e. The highest BCUT2D eigenvalue weighted by Gasteiger charge is 2.20. The van der Waals surface area contributed by atoms with Crippen LogP contribution in [-0.4, -0.2) is 47.4 Å². The first-order valence-electron chi connectivity index (χ1n) is 33.9. The second kappa shape index (κ2) is 64.1. The molecule has 440 valence electrons. The molecule has 0 fully saturated rings. The van der Waals surface area contributed by atoms with Crippen molar-refractivity contribution in [1.82, 2.24) is 5.32 Å². The average Bonchev–Trinajstić information content (AvgIpc) is 3.40. The summed E-state index contributed by atoms with van der Waals surface area (Å²) in [4.78, 5) is 24.6. The summed E-state index contributed by atoms with van der Waals surface area (Å²) in [5, 5.41) is 23.3. The topological polar surface area (TPSA) is 95.9 Å². The molecule has 74 heavy (non-hydrogen) atoms. The number of allylic oxidation sites excluding steroid dienone is 2. The van der Waals surface area contributed by atoms with Crippen LogP contribution in [0.2, 0.25) is 0 Å². The van der Waals surface area contributed by atoms with Gasteiger partial charge < -0.3 is 20.3 Å². The second-order valence-corrected chi connectivity index (χ2v) is 23.5. The van der Waals surface area contributed by atoms with Crippen LogP contribution in [0.15, 0.2) is 12.2 Å². The van der Waals surface area contributed by atoms with E-state index in [9.17, 15) is 19.8 Å². The van der Waals surface area contributed by atoms with E-state index in [1.54, 1.807) is 0 Å². The zero-order chi connectivity index (χ0) is 53.6. The van der Waals surface area contributed by atoms with E-state index in [4.69, 9.17) is 4.74 Å². The molecule has 6 nitrogen and oxygen atoms in total. The maximum atomic E-state index is 12.5. The monoisotopic (exact) mass is 1040 g/mol. The molecule has 0 bridgehead atoms. The van der Waals surface area contributed by atoms with Crippen LogP contribution in [0.5, 0.6) is 0 Å². The van der Waals surface area contributed by atoms with Crippen molar-refractivity contribution < 1.29 is 24.5 Å². The maximum absolute atomic E-state index is 12.5. The zero-order valence-corrected chi connectivity index (χ0v) is 50.4. The Morgan fingerprint density at radius 3 is 0.959 bits per heavy atom. The van der Waals surface area contributed by atoms with Crippen molar-refractivity contribution in [3.8, 4) is 0 Å². The van der Waals surface area contributed by atoms with Gasteiger partial charge in [0.05, 0.1) is 25.4 Å². The van der Waals surface area contributed by atoms with Gasteiger partial charge in [0.2, 0.25) is 5.91 Å². The van der Waals surface area contributed by atoms with Crippen molar-refractivity contribution in [3.63, 3.8) is 0 Å². The molecule has 0 aromatic rings. The van der Waals surface area contributed by atoms with Crippen LogP contribution in [0.25, 0.3) is 0 Å². The number of carbonyl (C=O) groups excluding carboxylic acids is 2. The zero-order valence-electron chi connectivity index (χ0n) is 50.4. The van der Waals surface area contributed by atoms with E-state index in [1.165, 1.54) is 315 Å². The molecule has 0 aromatic carbocycles. The molecular weight excluding hydrogens is 911 g/mol. The number of unbranched alkanes of at least 4 members (excludes halogenated alkanes) is 51. The Labute approximate surface area is 463 Å². The van der Waals surface area contributed by atoms with Gasteiger partial charge in [0.25, 0.3) is 0 Å². The van der Waals surface area contributed by atoms with Crippen molar-refractivity contribution in [2.45, 2.75) is 398 Å². The highest BCUT2D eigenvalue weighted by Crippen LogP contribution is 2.19. The summed E-state index contributed by atoms with van der Waals surface area (Å²) in [6.45, 7) is 4.99. The highest BCUT2D eigenvalue weighted by atomic mass is 16.5. The Bertz CT molecular complexity index is 1110. The molecule has 0 saturated carbocycles. The molecule has 3 N–H and O–H groups in total. The molecule has 0 aliphatic heterocycles. The van der Waals surface area contributed by atoms with Gasteiger partial charge in [-0.2, -0.15) is 0 Å². The third kappa shape index (κ3) is 59.8. The number of amides is 1. The van der Waals surface area contributed by atoms with Gasteiger partial charge in [0, 0.05) is 12.8 Å². The first kappa shape index (κ1) is 72.6. The van der Waals surface area contributed by atoms with E-state index in [0.717, 1.165) is 38.5 Å². The molecule has 0 heterocycles. The van der Waals surface area contributed by atoms with Crippen LogP contribution >= 0.6 is 0 Å². The lowest BCUT2D eigenvalue weighted by molar-refractivity contribution is -0.143. The highest BCUT2D eigenvalue weighted by molar-refractivity contribution is 5.76. The predicted molar refractivity (Wildman–Crippen MR) is 324 cm³/mol. The van der Waals surface area contributed by atoms with E-state index in [-0.39, 0.29) is 18.5 Å². The van der Waals surface area contributed by atoms with Gasteiger partial charge in [-0.3, -0.25) is 9.59 Å². The normalized spacial score (nSPS) is 12.5. The quantitative estimate of drug-likeness (QED) is 0.0320. The van der Waals surface area contributed by atoms with Crippen LogP contribution in [-0.2, 0) is 14.3 Å². The van der Waals surface area contributed by atoms with Gasteiger partial charge in [-0.05, 0) is 51.4 Å². The van der Waals surface area contributed by atoms with Gasteiger partial charge in [-0.15, -0.1) is 0 Å². The van der Waals surface area contributed by atoms with Crippen LogP contribution in [0.4, 0.5) is 0 Å². The minimum atomic E-state index is -0.664. The summed E-state index contributed by atoms with van der Waals surface area (Å²) in [5.41, 5.74) is 0. The Morgan fingerprint density at radius 1 is 0.365 bits per heavy atom. The first-order chi connectivity index (χ1) is 36.5. The Kier molecular flexibility index (Phi) is 62.9. The Balaban J connectivity index is 3.36. The Hall–Kier alpha value is -1.40. The van der Waals surface area contributed by atoms with Gasteiger partial charge in [0.15, 0.2) is 0 Å². The van der Waals surface area contributed by atoms with E-state index < -0.39 is 12.1 Å². The summed E-state index contributed by atoms with van der Waals surface area (Å²) in [7, 11) is 0. The lowest BCUT2D eigenvalue weighted by Gasteiger charge is -2.22. The van der Waals surface area contributed by atoms with Crippen molar-refractivity contribution in [2.24, 2.45) is 0 Å². The van der Waals surface area contributed by atoms with Crippen LogP contribution in [0.1, 0.15) is 386 Å². The number of hydrogen-bond donors (Lipinski definition) is 3. The SMILES string of the molecule is CCCCCCCCCCCCCCCCCCCC(=O)OCCCCCCCCCCCCCC/C=C\CCCCCCCCCCCCC(=O)NC(CO)C(O)CCCCCCCCCCCCCCCC. The molecule has 2 atom stereocenters. The number of rotatable bonds is 64. The number of aliphatic hydroxyl groups is 2. The minimum absolute atomic E-state index is 0.0192. The van der Waals surface area contributed by atoms with Gasteiger partial charge in [-0.25, -0.2) is 0 Å². The number of nitrogens with one attached hydrogen (secondary N) is 1. The molecule has 6 heteroatoms. The lowest BCUT2D eigenvalue weighted by atomic mass is 10.0. The number of esters is 1. The summed E-state index contributed by atoms with van der Waals surface area (Å²) in [6, 6.07) is -0.542. The largest absolute Gasteiger partial charge is 0.466 e. The average molecular weight is 1040 g/mol. The fourth-order valence-corrected chi connectivity index (χ4v) is 10.9.